The zero-order valence-electron chi connectivity index (χ0n) is 18.3. The number of hydrazone groups is 1. The lowest BCUT2D eigenvalue weighted by Gasteiger charge is -2.07. The summed E-state index contributed by atoms with van der Waals surface area (Å²) in [6.45, 7) is 0.479. The van der Waals surface area contributed by atoms with E-state index in [0.29, 0.717) is 18.0 Å². The van der Waals surface area contributed by atoms with Crippen LogP contribution in [0.5, 0.6) is 5.75 Å². The molecule has 1 amide bonds. The zero-order chi connectivity index (χ0) is 23.2. The van der Waals surface area contributed by atoms with Crippen LogP contribution in [0.3, 0.4) is 0 Å². The molecule has 1 aromatic heterocycles. The molecule has 0 aliphatic rings. The van der Waals surface area contributed by atoms with E-state index in [1.54, 1.807) is 12.3 Å². The molecule has 0 bridgehead atoms. The van der Waals surface area contributed by atoms with Gasteiger partial charge in [-0.1, -0.05) is 84.9 Å². The lowest BCUT2D eigenvalue weighted by atomic mass is 10.1. The quantitative estimate of drug-likeness (QED) is 0.253. The Bertz CT molecular complexity index is 1450. The number of benzene rings is 4. The van der Waals surface area contributed by atoms with Crippen LogP contribution in [0.1, 0.15) is 21.6 Å². The highest BCUT2D eigenvalue weighted by Crippen LogP contribution is 2.23. The fourth-order valence-electron chi connectivity index (χ4n) is 3.66. The molecule has 0 saturated heterocycles. The van der Waals surface area contributed by atoms with E-state index < -0.39 is 0 Å². The van der Waals surface area contributed by atoms with Crippen molar-refractivity contribution in [2.24, 2.45) is 5.10 Å². The number of hydrogen-bond acceptors (Lipinski definition) is 4. The van der Waals surface area contributed by atoms with E-state index in [9.17, 15) is 4.79 Å². The van der Waals surface area contributed by atoms with Crippen molar-refractivity contribution in [1.82, 2.24) is 15.6 Å². The fraction of sp³-hybridized carbons (Fsp3) is 0.0357. The van der Waals surface area contributed by atoms with Crippen molar-refractivity contribution >= 4 is 22.9 Å². The topological polar surface area (TPSA) is 79.4 Å². The van der Waals surface area contributed by atoms with Crippen molar-refractivity contribution in [1.29, 1.82) is 0 Å². The highest BCUT2D eigenvalue weighted by molar-refractivity contribution is 6.00. The average molecular weight is 447 g/mol. The molecule has 5 rings (SSSR count). The van der Waals surface area contributed by atoms with Crippen LogP contribution in [0.25, 0.3) is 22.0 Å². The van der Waals surface area contributed by atoms with Crippen LogP contribution in [0.4, 0.5) is 0 Å². The first kappa shape index (κ1) is 21.2. The van der Waals surface area contributed by atoms with Gasteiger partial charge in [-0.05, 0) is 34.5 Å². The van der Waals surface area contributed by atoms with E-state index in [1.165, 1.54) is 0 Å². The summed E-state index contributed by atoms with van der Waals surface area (Å²) in [5.41, 5.74) is 6.40. The summed E-state index contributed by atoms with van der Waals surface area (Å²) in [4.78, 5) is 12.5. The molecule has 0 aliphatic carbocycles. The molecule has 0 spiro atoms. The second kappa shape index (κ2) is 9.83. The van der Waals surface area contributed by atoms with Gasteiger partial charge in [0.15, 0.2) is 0 Å². The minimum absolute atomic E-state index is 0.320. The molecule has 0 atom stereocenters. The summed E-state index contributed by atoms with van der Waals surface area (Å²) in [6.07, 6.45) is 1.64. The third-order valence-corrected chi connectivity index (χ3v) is 5.39. The van der Waals surface area contributed by atoms with Gasteiger partial charge < -0.3 is 4.74 Å². The number of nitrogens with zero attached hydrogens (tertiary/aromatic N) is 2. The molecule has 34 heavy (non-hydrogen) atoms. The van der Waals surface area contributed by atoms with Gasteiger partial charge in [-0.15, -0.1) is 0 Å². The Kier molecular flexibility index (Phi) is 6.12. The van der Waals surface area contributed by atoms with Gasteiger partial charge in [0.1, 0.15) is 18.1 Å². The van der Waals surface area contributed by atoms with Gasteiger partial charge in [0.25, 0.3) is 5.91 Å². The van der Waals surface area contributed by atoms with Gasteiger partial charge in [0.2, 0.25) is 0 Å². The van der Waals surface area contributed by atoms with E-state index in [2.05, 4.69) is 20.7 Å². The maximum absolute atomic E-state index is 12.5. The van der Waals surface area contributed by atoms with Crippen molar-refractivity contribution in [3.05, 3.63) is 120 Å². The highest BCUT2D eigenvalue weighted by Gasteiger charge is 2.11. The zero-order valence-corrected chi connectivity index (χ0v) is 18.3. The van der Waals surface area contributed by atoms with E-state index in [0.717, 1.165) is 33.2 Å². The second-order valence-electron chi connectivity index (χ2n) is 7.74. The molecular formula is C28H22N4O2. The molecule has 0 fully saturated rings. The van der Waals surface area contributed by atoms with Gasteiger partial charge in [0, 0.05) is 11.1 Å². The molecule has 166 valence electrons. The average Bonchev–Trinajstić information content (AvgIpc) is 3.39. The molecule has 1 heterocycles. The van der Waals surface area contributed by atoms with Gasteiger partial charge >= 0.3 is 0 Å². The Morgan fingerprint density at radius 3 is 2.62 bits per heavy atom. The normalized spacial score (nSPS) is 11.1. The van der Waals surface area contributed by atoms with Crippen molar-refractivity contribution in [2.45, 2.75) is 6.61 Å². The summed E-state index contributed by atoms with van der Waals surface area (Å²) in [5.74, 6) is 0.363. The summed E-state index contributed by atoms with van der Waals surface area (Å²) in [5, 5.41) is 13.4. The van der Waals surface area contributed by atoms with Gasteiger partial charge in [0.05, 0.1) is 11.9 Å². The Labute approximate surface area is 196 Å². The number of fused-ring (bicyclic) bond motifs is 1. The number of aromatic nitrogens is 2. The lowest BCUT2D eigenvalue weighted by molar-refractivity contribution is 0.0950. The van der Waals surface area contributed by atoms with E-state index in [-0.39, 0.29) is 5.91 Å². The molecule has 4 aromatic carbocycles. The van der Waals surface area contributed by atoms with Crippen molar-refractivity contribution in [3.63, 3.8) is 0 Å². The van der Waals surface area contributed by atoms with Crippen LogP contribution >= 0.6 is 0 Å². The van der Waals surface area contributed by atoms with Crippen LogP contribution in [-0.2, 0) is 6.61 Å². The summed E-state index contributed by atoms with van der Waals surface area (Å²) >= 11 is 0. The number of carbonyl (C=O) groups is 1. The molecule has 0 saturated carbocycles. The molecule has 0 unspecified atom stereocenters. The minimum atomic E-state index is -0.369. The Balaban J connectivity index is 1.24. The first-order valence-electron chi connectivity index (χ1n) is 10.9. The standard InChI is InChI=1S/C28H22N4O2/c33-28(32-29-18-23-13-6-11-21-10-4-5-15-25(21)23)27-17-26(30-31-27)22-12-7-14-24(16-22)34-19-20-8-2-1-3-9-20/h1-18H,19H2,(H,30,31)(H,32,33)/b29-18-. The Morgan fingerprint density at radius 2 is 1.71 bits per heavy atom. The van der Waals surface area contributed by atoms with Crippen LogP contribution in [0.2, 0.25) is 0 Å². The minimum Gasteiger partial charge on any atom is -0.489 e. The number of aromatic amines is 1. The molecular weight excluding hydrogens is 424 g/mol. The van der Waals surface area contributed by atoms with E-state index in [1.807, 2.05) is 97.1 Å². The first-order valence-corrected chi connectivity index (χ1v) is 10.9. The first-order chi connectivity index (χ1) is 16.8. The number of carbonyl (C=O) groups excluding carboxylic acids is 1. The summed E-state index contributed by atoms with van der Waals surface area (Å²) < 4.78 is 5.90. The van der Waals surface area contributed by atoms with Crippen molar-refractivity contribution in [3.8, 4) is 17.0 Å². The van der Waals surface area contributed by atoms with Crippen LogP contribution in [0, 0.1) is 0 Å². The van der Waals surface area contributed by atoms with Crippen molar-refractivity contribution < 1.29 is 9.53 Å². The maximum atomic E-state index is 12.5. The maximum Gasteiger partial charge on any atom is 0.289 e. The monoisotopic (exact) mass is 446 g/mol. The number of ether oxygens (including phenoxy) is 1. The highest BCUT2D eigenvalue weighted by atomic mass is 16.5. The number of nitrogens with one attached hydrogen (secondary N) is 2. The van der Waals surface area contributed by atoms with E-state index in [4.69, 9.17) is 4.74 Å². The van der Waals surface area contributed by atoms with Gasteiger partial charge in [-0.2, -0.15) is 10.2 Å². The molecule has 6 nitrogen and oxygen atoms in total. The SMILES string of the molecule is O=C(N/N=C\c1cccc2ccccc12)c1cc(-c2cccc(OCc3ccccc3)c2)n[nH]1. The lowest BCUT2D eigenvalue weighted by Crippen LogP contribution is -2.18. The third kappa shape index (κ3) is 4.86. The number of amides is 1. The van der Waals surface area contributed by atoms with Crippen molar-refractivity contribution in [2.75, 3.05) is 0 Å². The predicted octanol–water partition coefficient (Wildman–Crippen LogP) is 5.57. The molecule has 6 heteroatoms. The Hall–Kier alpha value is -4.71. The van der Waals surface area contributed by atoms with Crippen LogP contribution in [0.15, 0.2) is 108 Å². The molecule has 5 aromatic rings. The largest absolute Gasteiger partial charge is 0.489 e. The second-order valence-corrected chi connectivity index (χ2v) is 7.74. The molecule has 2 N–H and O–H groups in total. The molecule has 0 radical (unpaired) electrons. The number of hydrogen-bond donors (Lipinski definition) is 2. The predicted molar refractivity (Wildman–Crippen MR) is 134 cm³/mol. The molecule has 0 aliphatic heterocycles. The van der Waals surface area contributed by atoms with Crippen LogP contribution < -0.4 is 10.2 Å². The fourth-order valence-corrected chi connectivity index (χ4v) is 3.66. The number of H-pyrrole nitrogens is 1. The summed E-state index contributed by atoms with van der Waals surface area (Å²) in [7, 11) is 0. The number of rotatable bonds is 7. The van der Waals surface area contributed by atoms with Crippen LogP contribution in [-0.4, -0.2) is 22.3 Å². The van der Waals surface area contributed by atoms with Gasteiger partial charge in [-0.3, -0.25) is 9.89 Å². The third-order valence-electron chi connectivity index (χ3n) is 5.39. The van der Waals surface area contributed by atoms with E-state index >= 15 is 0 Å². The Morgan fingerprint density at radius 1 is 0.912 bits per heavy atom. The van der Waals surface area contributed by atoms with Gasteiger partial charge in [-0.25, -0.2) is 5.43 Å². The summed E-state index contributed by atoms with van der Waals surface area (Å²) in [6, 6.07) is 33.3. The smallest absolute Gasteiger partial charge is 0.289 e.